The molecule has 2 unspecified atom stereocenters. The minimum atomic E-state index is -0.198. The number of likely N-dealkylation sites (tertiary alicyclic amines) is 1. The molecule has 2 aromatic heterocycles. The Hall–Kier alpha value is -2.38. The lowest BCUT2D eigenvalue weighted by Gasteiger charge is -2.27. The van der Waals surface area contributed by atoms with E-state index in [4.69, 9.17) is 5.10 Å². The van der Waals surface area contributed by atoms with Crippen molar-refractivity contribution < 1.29 is 4.79 Å². The van der Waals surface area contributed by atoms with Crippen molar-refractivity contribution in [2.75, 3.05) is 31.1 Å². The number of amides is 2. The fourth-order valence-electron chi connectivity index (χ4n) is 3.96. The third-order valence-corrected chi connectivity index (χ3v) is 5.21. The number of hydrogen-bond donors (Lipinski definition) is 1. The lowest BCUT2D eigenvalue weighted by molar-refractivity contribution is 0.196. The van der Waals surface area contributed by atoms with E-state index in [0.29, 0.717) is 11.8 Å². The van der Waals surface area contributed by atoms with Crippen LogP contribution in [0.2, 0.25) is 0 Å². The number of anilines is 1. The van der Waals surface area contributed by atoms with Crippen LogP contribution in [0.4, 0.5) is 10.6 Å². The summed E-state index contributed by atoms with van der Waals surface area (Å²) in [4.78, 5) is 16.7. The molecule has 2 aliphatic heterocycles. The molecule has 0 radical (unpaired) electrons. The van der Waals surface area contributed by atoms with Crippen LogP contribution >= 0.6 is 0 Å². The number of hydrogen-bond acceptors (Lipinski definition) is 5. The van der Waals surface area contributed by atoms with E-state index in [1.807, 2.05) is 42.3 Å². The van der Waals surface area contributed by atoms with Gasteiger partial charge in [-0.1, -0.05) is 6.92 Å². The van der Waals surface area contributed by atoms with Gasteiger partial charge in [0.05, 0.1) is 0 Å². The van der Waals surface area contributed by atoms with E-state index in [0.717, 1.165) is 49.9 Å². The van der Waals surface area contributed by atoms with Gasteiger partial charge in [-0.25, -0.2) is 4.79 Å². The number of rotatable bonds is 2. The van der Waals surface area contributed by atoms with E-state index >= 15 is 0 Å². The van der Waals surface area contributed by atoms with Crippen LogP contribution in [-0.2, 0) is 6.42 Å². The molecular weight excluding hydrogens is 330 g/mol. The van der Waals surface area contributed by atoms with Crippen LogP contribution in [0, 0.1) is 11.8 Å². The number of urea groups is 1. The van der Waals surface area contributed by atoms with Crippen LogP contribution < -0.4 is 10.2 Å². The maximum Gasteiger partial charge on any atom is 0.317 e. The topological polar surface area (TPSA) is 78.7 Å². The second-order valence-electron chi connectivity index (χ2n) is 8.44. The summed E-state index contributed by atoms with van der Waals surface area (Å²) in [7, 11) is 0. The smallest absolute Gasteiger partial charge is 0.317 e. The van der Waals surface area contributed by atoms with Crippen LogP contribution in [0.15, 0.2) is 12.1 Å². The summed E-state index contributed by atoms with van der Waals surface area (Å²) >= 11 is 0. The summed E-state index contributed by atoms with van der Waals surface area (Å²) in [6, 6.07) is 4.05. The highest BCUT2D eigenvalue weighted by molar-refractivity contribution is 5.75. The summed E-state index contributed by atoms with van der Waals surface area (Å²) in [5.41, 5.74) is 0.589. The van der Waals surface area contributed by atoms with E-state index in [9.17, 15) is 4.79 Å². The molecule has 4 rings (SSSR count). The Labute approximate surface area is 153 Å². The molecule has 2 aromatic rings. The van der Waals surface area contributed by atoms with Crippen LogP contribution in [0.5, 0.6) is 0 Å². The van der Waals surface area contributed by atoms with Crippen molar-refractivity contribution in [3.63, 3.8) is 0 Å². The minimum Gasteiger partial charge on any atom is -0.354 e. The molecular formula is C18H27N7O. The lowest BCUT2D eigenvalue weighted by Crippen LogP contribution is -2.48. The summed E-state index contributed by atoms with van der Waals surface area (Å²) in [5.74, 6) is 2.85. The highest BCUT2D eigenvalue weighted by atomic mass is 16.2. The number of nitrogens with one attached hydrogen (secondary N) is 1. The molecule has 8 heteroatoms. The average molecular weight is 357 g/mol. The van der Waals surface area contributed by atoms with E-state index in [2.05, 4.69) is 27.3 Å². The van der Waals surface area contributed by atoms with Crippen LogP contribution in [0.1, 0.15) is 33.5 Å². The molecule has 0 aliphatic carbocycles. The van der Waals surface area contributed by atoms with Gasteiger partial charge in [-0.15, -0.1) is 15.3 Å². The first-order valence-electron chi connectivity index (χ1n) is 9.37. The molecule has 140 valence electrons. The number of aryl methyl sites for hydroxylation is 1. The predicted octanol–water partition coefficient (Wildman–Crippen LogP) is 1.56. The van der Waals surface area contributed by atoms with Crippen molar-refractivity contribution in [1.29, 1.82) is 0 Å². The summed E-state index contributed by atoms with van der Waals surface area (Å²) in [6.45, 7) is 11.6. The van der Waals surface area contributed by atoms with Gasteiger partial charge >= 0.3 is 6.03 Å². The Bertz CT molecular complexity index is 811. The molecule has 2 fully saturated rings. The maximum absolute atomic E-state index is 12.4. The molecule has 1 N–H and O–H groups in total. The monoisotopic (exact) mass is 357 g/mol. The quantitative estimate of drug-likeness (QED) is 0.882. The molecule has 0 aromatic carbocycles. The van der Waals surface area contributed by atoms with Crippen molar-refractivity contribution in [2.45, 2.75) is 39.7 Å². The van der Waals surface area contributed by atoms with Gasteiger partial charge in [0, 0.05) is 50.0 Å². The standard InChI is InChI=1S/C18H27N7O/c1-5-14-20-21-15-6-7-16(22-25(14)15)23-8-12-10-24(11-13(12)9-23)17(26)19-18(2,3)4/h6-7,12-13H,5,8-11H2,1-4H3,(H,19,26). The maximum atomic E-state index is 12.4. The molecule has 4 heterocycles. The minimum absolute atomic E-state index is 0.0510. The van der Waals surface area contributed by atoms with Gasteiger partial charge in [-0.05, 0) is 32.9 Å². The molecule has 26 heavy (non-hydrogen) atoms. The summed E-state index contributed by atoms with van der Waals surface area (Å²) < 4.78 is 1.84. The Balaban J connectivity index is 1.44. The largest absolute Gasteiger partial charge is 0.354 e. The second-order valence-corrected chi connectivity index (χ2v) is 8.44. The molecule has 2 aliphatic rings. The zero-order valence-electron chi connectivity index (χ0n) is 15.9. The van der Waals surface area contributed by atoms with Crippen molar-refractivity contribution in [2.24, 2.45) is 11.8 Å². The highest BCUT2D eigenvalue weighted by Gasteiger charge is 2.42. The first kappa shape index (κ1) is 17.1. The normalized spacial score (nSPS) is 22.9. The number of carbonyl (C=O) groups excluding carboxylic acids is 1. The van der Waals surface area contributed by atoms with E-state index < -0.39 is 0 Å². The molecule has 2 atom stereocenters. The molecule has 2 amide bonds. The van der Waals surface area contributed by atoms with Gasteiger partial charge in [0.25, 0.3) is 0 Å². The summed E-state index contributed by atoms with van der Waals surface area (Å²) in [6.07, 6.45) is 0.806. The van der Waals surface area contributed by atoms with E-state index in [1.165, 1.54) is 0 Å². The molecule has 0 saturated carbocycles. The Morgan fingerprint density at radius 2 is 1.85 bits per heavy atom. The second kappa shape index (κ2) is 6.10. The van der Waals surface area contributed by atoms with E-state index in [1.54, 1.807) is 0 Å². The first-order valence-corrected chi connectivity index (χ1v) is 9.37. The van der Waals surface area contributed by atoms with Gasteiger partial charge in [0.1, 0.15) is 5.82 Å². The molecule has 0 bridgehead atoms. The fourth-order valence-corrected chi connectivity index (χ4v) is 3.96. The van der Waals surface area contributed by atoms with Crippen molar-refractivity contribution in [3.05, 3.63) is 18.0 Å². The SMILES string of the molecule is CCc1nnc2ccc(N3CC4CN(C(=O)NC(C)(C)C)CC4C3)nn12. The number of fused-ring (bicyclic) bond motifs is 2. The van der Waals surface area contributed by atoms with Crippen LogP contribution in [-0.4, -0.2) is 62.5 Å². The predicted molar refractivity (Wildman–Crippen MR) is 99.2 cm³/mol. The number of carbonyl (C=O) groups is 1. The van der Waals surface area contributed by atoms with Crippen LogP contribution in [0.3, 0.4) is 0 Å². The first-order chi connectivity index (χ1) is 12.3. The molecule has 2 saturated heterocycles. The van der Waals surface area contributed by atoms with Crippen LogP contribution in [0.25, 0.3) is 5.65 Å². The van der Waals surface area contributed by atoms with Crippen molar-refractivity contribution in [3.8, 4) is 0 Å². The Kier molecular flexibility index (Phi) is 4.00. The third kappa shape index (κ3) is 3.08. The van der Waals surface area contributed by atoms with Gasteiger partial charge in [0.2, 0.25) is 0 Å². The van der Waals surface area contributed by atoms with E-state index in [-0.39, 0.29) is 11.6 Å². The molecule has 0 spiro atoms. The fraction of sp³-hybridized carbons (Fsp3) is 0.667. The van der Waals surface area contributed by atoms with Gasteiger partial charge in [-0.2, -0.15) is 4.52 Å². The lowest BCUT2D eigenvalue weighted by atomic mass is 10.0. The zero-order chi connectivity index (χ0) is 18.5. The van der Waals surface area contributed by atoms with Crippen molar-refractivity contribution in [1.82, 2.24) is 30.0 Å². The number of aromatic nitrogens is 4. The Morgan fingerprint density at radius 1 is 1.15 bits per heavy atom. The highest BCUT2D eigenvalue weighted by Crippen LogP contribution is 2.33. The summed E-state index contributed by atoms with van der Waals surface area (Å²) in [5, 5.41) is 16.1. The average Bonchev–Trinajstić information content (AvgIpc) is 3.24. The molecule has 8 nitrogen and oxygen atoms in total. The van der Waals surface area contributed by atoms with Gasteiger partial charge in [-0.3, -0.25) is 0 Å². The van der Waals surface area contributed by atoms with Crippen molar-refractivity contribution >= 4 is 17.5 Å². The zero-order valence-corrected chi connectivity index (χ0v) is 15.9. The van der Waals surface area contributed by atoms with Gasteiger partial charge in [0.15, 0.2) is 11.5 Å². The Morgan fingerprint density at radius 3 is 2.46 bits per heavy atom. The number of nitrogens with zero attached hydrogens (tertiary/aromatic N) is 6. The third-order valence-electron chi connectivity index (χ3n) is 5.21. The van der Waals surface area contributed by atoms with Gasteiger partial charge < -0.3 is 15.1 Å².